The molecule has 1 saturated heterocycles. The maximum atomic E-state index is 10.8. The number of carbonyl (C=O) groups is 1. The van der Waals surface area contributed by atoms with Crippen LogP contribution in [0.2, 0.25) is 0 Å². The van der Waals surface area contributed by atoms with E-state index in [2.05, 4.69) is 9.88 Å². The zero-order valence-electron chi connectivity index (χ0n) is 9.09. The molecule has 0 bridgehead atoms. The Morgan fingerprint density at radius 2 is 2.50 bits per heavy atom. The molecule has 0 spiro atoms. The molecule has 1 aromatic rings. The fourth-order valence-electron chi connectivity index (χ4n) is 1.89. The minimum atomic E-state index is -0.996. The summed E-state index contributed by atoms with van der Waals surface area (Å²) in [5, 5.41) is 8.84. The molecule has 1 unspecified atom stereocenters. The van der Waals surface area contributed by atoms with Crippen LogP contribution in [0, 0.1) is 0 Å². The summed E-state index contributed by atoms with van der Waals surface area (Å²) in [5.41, 5.74) is 0.977. The van der Waals surface area contributed by atoms with E-state index in [0.717, 1.165) is 25.2 Å². The van der Waals surface area contributed by atoms with Gasteiger partial charge in [-0.2, -0.15) is 0 Å². The topological polar surface area (TPSA) is 62.7 Å². The van der Waals surface area contributed by atoms with Gasteiger partial charge in [-0.05, 0) is 18.6 Å². The summed E-state index contributed by atoms with van der Waals surface area (Å²) in [6.07, 6.45) is 2.74. The number of ether oxygens (including phenoxy) is 1. The lowest BCUT2D eigenvalue weighted by Gasteiger charge is -2.18. The second-order valence-corrected chi connectivity index (χ2v) is 3.80. The van der Waals surface area contributed by atoms with Crippen LogP contribution in [-0.2, 0) is 4.74 Å². The lowest BCUT2D eigenvalue weighted by molar-refractivity contribution is 0.0690. The van der Waals surface area contributed by atoms with E-state index in [4.69, 9.17) is 9.84 Å². The van der Waals surface area contributed by atoms with Crippen LogP contribution in [0.3, 0.4) is 0 Å². The molecule has 2 heterocycles. The van der Waals surface area contributed by atoms with Gasteiger partial charge in [0, 0.05) is 32.1 Å². The summed E-state index contributed by atoms with van der Waals surface area (Å²) in [5.74, 6) is -0.996. The number of aromatic nitrogens is 1. The number of aromatic carboxylic acids is 1. The number of hydrogen-bond donors (Lipinski definition) is 1. The Bertz CT molecular complexity index is 395. The number of nitrogens with zero attached hydrogens (tertiary/aromatic N) is 2. The molecule has 0 aromatic carbocycles. The molecule has 5 heteroatoms. The van der Waals surface area contributed by atoms with Crippen molar-refractivity contribution in [1.82, 2.24) is 4.98 Å². The Morgan fingerprint density at radius 3 is 3.12 bits per heavy atom. The molecule has 1 fully saturated rings. The monoisotopic (exact) mass is 222 g/mol. The fraction of sp³-hybridized carbons (Fsp3) is 0.455. The maximum Gasteiger partial charge on any atom is 0.354 e. The van der Waals surface area contributed by atoms with Gasteiger partial charge in [0.1, 0.15) is 5.69 Å². The minimum Gasteiger partial charge on any atom is -0.477 e. The van der Waals surface area contributed by atoms with Crippen LogP contribution in [-0.4, -0.2) is 42.4 Å². The van der Waals surface area contributed by atoms with Gasteiger partial charge in [0.15, 0.2) is 0 Å². The Kier molecular flexibility index (Phi) is 3.05. The Balaban J connectivity index is 2.15. The van der Waals surface area contributed by atoms with Crippen molar-refractivity contribution in [3.05, 3.63) is 24.0 Å². The third-order valence-corrected chi connectivity index (χ3v) is 2.81. The van der Waals surface area contributed by atoms with Gasteiger partial charge in [-0.1, -0.05) is 0 Å². The Labute approximate surface area is 93.7 Å². The SMILES string of the molecule is COC1CCN(c2ccnc(C(=O)O)c2)C1. The summed E-state index contributed by atoms with van der Waals surface area (Å²) in [7, 11) is 1.70. The van der Waals surface area contributed by atoms with E-state index in [1.807, 2.05) is 6.07 Å². The molecule has 1 aliphatic rings. The van der Waals surface area contributed by atoms with E-state index in [9.17, 15) is 4.79 Å². The van der Waals surface area contributed by atoms with Gasteiger partial charge >= 0.3 is 5.97 Å². The number of methoxy groups -OCH3 is 1. The van der Waals surface area contributed by atoms with E-state index in [1.165, 1.54) is 6.20 Å². The summed E-state index contributed by atoms with van der Waals surface area (Å²) in [6.45, 7) is 1.70. The number of rotatable bonds is 3. The smallest absolute Gasteiger partial charge is 0.354 e. The molecule has 0 aliphatic carbocycles. The highest BCUT2D eigenvalue weighted by atomic mass is 16.5. The molecule has 86 valence electrons. The first kappa shape index (κ1) is 10.9. The molecule has 0 amide bonds. The van der Waals surface area contributed by atoms with Gasteiger partial charge in [-0.3, -0.25) is 0 Å². The van der Waals surface area contributed by atoms with Gasteiger partial charge in [0.05, 0.1) is 6.10 Å². The van der Waals surface area contributed by atoms with Crippen molar-refractivity contribution in [3.8, 4) is 0 Å². The molecule has 5 nitrogen and oxygen atoms in total. The van der Waals surface area contributed by atoms with Crippen molar-refractivity contribution in [3.63, 3.8) is 0 Å². The second kappa shape index (κ2) is 4.49. The molecule has 16 heavy (non-hydrogen) atoms. The number of hydrogen-bond acceptors (Lipinski definition) is 4. The average molecular weight is 222 g/mol. The number of pyridine rings is 1. The predicted octanol–water partition coefficient (Wildman–Crippen LogP) is 1.00. The molecular weight excluding hydrogens is 208 g/mol. The quantitative estimate of drug-likeness (QED) is 0.826. The van der Waals surface area contributed by atoms with Crippen molar-refractivity contribution < 1.29 is 14.6 Å². The van der Waals surface area contributed by atoms with Crippen LogP contribution in [0.25, 0.3) is 0 Å². The van der Waals surface area contributed by atoms with Crippen LogP contribution < -0.4 is 4.90 Å². The Hall–Kier alpha value is -1.62. The zero-order valence-corrected chi connectivity index (χ0v) is 9.09. The lowest BCUT2D eigenvalue weighted by atomic mass is 10.3. The van der Waals surface area contributed by atoms with E-state index in [0.29, 0.717) is 0 Å². The average Bonchev–Trinajstić information content (AvgIpc) is 2.77. The highest BCUT2D eigenvalue weighted by Crippen LogP contribution is 2.21. The number of carboxylic acid groups (broad SMARTS) is 1. The first-order chi connectivity index (χ1) is 7.70. The van der Waals surface area contributed by atoms with E-state index >= 15 is 0 Å². The second-order valence-electron chi connectivity index (χ2n) is 3.80. The summed E-state index contributed by atoms with van der Waals surface area (Å²) in [6, 6.07) is 3.42. The molecule has 2 rings (SSSR count). The number of carboxylic acids is 1. The normalized spacial score (nSPS) is 20.1. The molecule has 1 atom stereocenters. The molecular formula is C11H14N2O3. The first-order valence-electron chi connectivity index (χ1n) is 5.18. The van der Waals surface area contributed by atoms with Crippen LogP contribution in [0.15, 0.2) is 18.3 Å². The minimum absolute atomic E-state index is 0.0818. The predicted molar refractivity (Wildman–Crippen MR) is 58.8 cm³/mol. The van der Waals surface area contributed by atoms with Gasteiger partial charge in [0.2, 0.25) is 0 Å². The van der Waals surface area contributed by atoms with Gasteiger partial charge in [0.25, 0.3) is 0 Å². The van der Waals surface area contributed by atoms with Gasteiger partial charge < -0.3 is 14.7 Å². The largest absolute Gasteiger partial charge is 0.477 e. The number of anilines is 1. The molecule has 1 aromatic heterocycles. The van der Waals surface area contributed by atoms with Crippen molar-refractivity contribution in [2.45, 2.75) is 12.5 Å². The third kappa shape index (κ3) is 2.14. The van der Waals surface area contributed by atoms with Crippen LogP contribution in [0.1, 0.15) is 16.9 Å². The lowest BCUT2D eigenvalue weighted by Crippen LogP contribution is -2.22. The summed E-state index contributed by atoms with van der Waals surface area (Å²) < 4.78 is 5.27. The third-order valence-electron chi connectivity index (χ3n) is 2.81. The summed E-state index contributed by atoms with van der Waals surface area (Å²) in [4.78, 5) is 16.7. The van der Waals surface area contributed by atoms with Crippen LogP contribution >= 0.6 is 0 Å². The molecule has 0 radical (unpaired) electrons. The highest BCUT2D eigenvalue weighted by Gasteiger charge is 2.22. The highest BCUT2D eigenvalue weighted by molar-refractivity contribution is 5.86. The Morgan fingerprint density at radius 1 is 1.69 bits per heavy atom. The van der Waals surface area contributed by atoms with E-state index in [1.54, 1.807) is 13.2 Å². The van der Waals surface area contributed by atoms with Crippen LogP contribution in [0.5, 0.6) is 0 Å². The van der Waals surface area contributed by atoms with Gasteiger partial charge in [-0.15, -0.1) is 0 Å². The molecule has 1 N–H and O–H groups in total. The fourth-order valence-corrected chi connectivity index (χ4v) is 1.89. The summed E-state index contributed by atoms with van der Waals surface area (Å²) >= 11 is 0. The van der Waals surface area contributed by atoms with Crippen molar-refractivity contribution in [1.29, 1.82) is 0 Å². The van der Waals surface area contributed by atoms with Crippen molar-refractivity contribution in [2.75, 3.05) is 25.1 Å². The molecule has 0 saturated carbocycles. The van der Waals surface area contributed by atoms with Gasteiger partial charge in [-0.25, -0.2) is 9.78 Å². The van der Waals surface area contributed by atoms with Crippen LogP contribution in [0.4, 0.5) is 5.69 Å². The van der Waals surface area contributed by atoms with Crippen molar-refractivity contribution in [2.24, 2.45) is 0 Å². The first-order valence-corrected chi connectivity index (χ1v) is 5.18. The van der Waals surface area contributed by atoms with E-state index in [-0.39, 0.29) is 11.8 Å². The van der Waals surface area contributed by atoms with Crippen molar-refractivity contribution >= 4 is 11.7 Å². The standard InChI is InChI=1S/C11H14N2O3/c1-16-9-3-5-13(7-9)8-2-4-12-10(6-8)11(14)15/h2,4,6,9H,3,5,7H2,1H3,(H,14,15). The zero-order chi connectivity index (χ0) is 11.5. The maximum absolute atomic E-state index is 10.8. The molecule has 1 aliphatic heterocycles. The van der Waals surface area contributed by atoms with E-state index < -0.39 is 5.97 Å².